The van der Waals surface area contributed by atoms with Gasteiger partial charge in [-0.25, -0.2) is 4.98 Å². The molecule has 1 aliphatic heterocycles. The SMILES string of the molecule is CCN1CCN(C(=O)[C@H](C)Sc2nc3scc(-c4ccco4)c3c(=O)n2-c2ccccc2)CC1. The predicted molar refractivity (Wildman–Crippen MR) is 137 cm³/mol. The number of carbonyl (C=O) groups is 1. The van der Waals surface area contributed by atoms with Gasteiger partial charge in [-0.05, 0) is 37.7 Å². The molecule has 1 atom stereocenters. The number of thiophene rings is 1. The van der Waals surface area contributed by atoms with Gasteiger partial charge in [0.2, 0.25) is 5.91 Å². The smallest absolute Gasteiger partial charge is 0.268 e. The van der Waals surface area contributed by atoms with E-state index in [1.54, 1.807) is 16.9 Å². The van der Waals surface area contributed by atoms with E-state index in [0.717, 1.165) is 44.0 Å². The minimum Gasteiger partial charge on any atom is -0.464 e. The van der Waals surface area contributed by atoms with Gasteiger partial charge in [0.1, 0.15) is 10.6 Å². The monoisotopic (exact) mass is 494 g/mol. The van der Waals surface area contributed by atoms with Crippen molar-refractivity contribution in [2.45, 2.75) is 24.3 Å². The molecule has 1 aliphatic rings. The molecule has 4 heterocycles. The number of hydrogen-bond donors (Lipinski definition) is 0. The van der Waals surface area contributed by atoms with Crippen LogP contribution in [0.5, 0.6) is 0 Å². The van der Waals surface area contributed by atoms with E-state index in [0.29, 0.717) is 21.1 Å². The molecule has 4 aromatic rings. The number of nitrogens with zero attached hydrogens (tertiary/aromatic N) is 4. The largest absolute Gasteiger partial charge is 0.464 e. The van der Waals surface area contributed by atoms with Crippen molar-refractivity contribution in [1.82, 2.24) is 19.4 Å². The van der Waals surface area contributed by atoms with Crippen LogP contribution in [0.3, 0.4) is 0 Å². The van der Waals surface area contributed by atoms with Gasteiger partial charge in [-0.15, -0.1) is 11.3 Å². The molecule has 0 aliphatic carbocycles. The molecule has 0 spiro atoms. The zero-order valence-electron chi connectivity index (χ0n) is 19.1. The van der Waals surface area contributed by atoms with Crippen LogP contribution in [-0.4, -0.2) is 63.2 Å². The Labute approximate surface area is 206 Å². The number of hydrogen-bond acceptors (Lipinski definition) is 7. The number of thioether (sulfide) groups is 1. The first-order valence-corrected chi connectivity index (χ1v) is 13.1. The number of furan rings is 1. The fraction of sp³-hybridized carbons (Fsp3) is 0.320. The molecule has 0 N–H and O–H groups in total. The third-order valence-electron chi connectivity index (χ3n) is 6.14. The second-order valence-corrected chi connectivity index (χ2v) is 10.4. The van der Waals surface area contributed by atoms with E-state index in [1.807, 2.05) is 53.6 Å². The van der Waals surface area contributed by atoms with Crippen molar-refractivity contribution in [2.24, 2.45) is 0 Å². The van der Waals surface area contributed by atoms with Crippen LogP contribution in [0.2, 0.25) is 0 Å². The fourth-order valence-corrected chi connectivity index (χ4v) is 6.20. The van der Waals surface area contributed by atoms with Crippen molar-refractivity contribution >= 4 is 39.2 Å². The lowest BCUT2D eigenvalue weighted by Gasteiger charge is -2.35. The molecule has 176 valence electrons. The molecule has 1 aromatic carbocycles. The number of para-hydroxylation sites is 1. The number of benzene rings is 1. The number of piperazine rings is 1. The van der Waals surface area contributed by atoms with Crippen LogP contribution in [0, 0.1) is 0 Å². The molecule has 0 saturated carbocycles. The second-order valence-electron chi connectivity index (χ2n) is 8.20. The highest BCUT2D eigenvalue weighted by Crippen LogP contribution is 2.34. The van der Waals surface area contributed by atoms with E-state index in [-0.39, 0.29) is 16.7 Å². The summed E-state index contributed by atoms with van der Waals surface area (Å²) in [6.07, 6.45) is 1.60. The number of likely N-dealkylation sites (N-methyl/N-ethyl adjacent to an activating group) is 1. The van der Waals surface area contributed by atoms with Crippen molar-refractivity contribution in [3.05, 3.63) is 64.5 Å². The number of aromatic nitrogens is 2. The molecular weight excluding hydrogens is 468 g/mol. The molecule has 0 unspecified atom stereocenters. The van der Waals surface area contributed by atoms with E-state index in [1.165, 1.54) is 23.1 Å². The maximum absolute atomic E-state index is 13.8. The molecule has 3 aromatic heterocycles. The molecule has 1 fully saturated rings. The third kappa shape index (κ3) is 4.31. The number of carbonyl (C=O) groups excluding carboxylic acids is 1. The summed E-state index contributed by atoms with van der Waals surface area (Å²) in [6, 6.07) is 13.1. The maximum Gasteiger partial charge on any atom is 0.268 e. The first-order valence-electron chi connectivity index (χ1n) is 11.4. The molecule has 9 heteroatoms. The van der Waals surface area contributed by atoms with Crippen molar-refractivity contribution < 1.29 is 9.21 Å². The zero-order valence-corrected chi connectivity index (χ0v) is 20.8. The predicted octanol–water partition coefficient (Wildman–Crippen LogP) is 4.35. The van der Waals surface area contributed by atoms with Crippen LogP contribution in [0.4, 0.5) is 0 Å². The van der Waals surface area contributed by atoms with Gasteiger partial charge in [0.05, 0.1) is 22.6 Å². The Morgan fingerprint density at radius 3 is 2.59 bits per heavy atom. The Kier molecular flexibility index (Phi) is 6.58. The molecule has 1 saturated heterocycles. The summed E-state index contributed by atoms with van der Waals surface area (Å²) in [4.78, 5) is 36.8. The summed E-state index contributed by atoms with van der Waals surface area (Å²) in [7, 11) is 0. The lowest BCUT2D eigenvalue weighted by molar-refractivity contribution is -0.132. The molecule has 1 amide bonds. The van der Waals surface area contributed by atoms with Crippen molar-refractivity contribution in [3.63, 3.8) is 0 Å². The number of fused-ring (bicyclic) bond motifs is 1. The van der Waals surface area contributed by atoms with Gasteiger partial charge in [0, 0.05) is 37.1 Å². The molecular formula is C25H26N4O3S2. The van der Waals surface area contributed by atoms with Crippen molar-refractivity contribution in [1.29, 1.82) is 0 Å². The molecule has 0 bridgehead atoms. The molecule has 34 heavy (non-hydrogen) atoms. The van der Waals surface area contributed by atoms with Crippen LogP contribution >= 0.6 is 23.1 Å². The van der Waals surface area contributed by atoms with E-state index in [2.05, 4.69) is 11.8 Å². The first kappa shape index (κ1) is 22.9. The lowest BCUT2D eigenvalue weighted by atomic mass is 10.2. The van der Waals surface area contributed by atoms with Gasteiger partial charge in [0.25, 0.3) is 5.56 Å². The van der Waals surface area contributed by atoms with Gasteiger partial charge < -0.3 is 14.2 Å². The Hall–Kier alpha value is -2.88. The minimum absolute atomic E-state index is 0.0807. The zero-order chi connectivity index (χ0) is 23.7. The Morgan fingerprint density at radius 1 is 1.15 bits per heavy atom. The van der Waals surface area contributed by atoms with E-state index < -0.39 is 0 Å². The molecule has 5 rings (SSSR count). The number of rotatable bonds is 6. The summed E-state index contributed by atoms with van der Waals surface area (Å²) in [6.45, 7) is 8.28. The Morgan fingerprint density at radius 2 is 1.91 bits per heavy atom. The highest BCUT2D eigenvalue weighted by atomic mass is 32.2. The normalized spacial score (nSPS) is 15.6. The van der Waals surface area contributed by atoms with Gasteiger partial charge in [-0.3, -0.25) is 14.2 Å². The summed E-state index contributed by atoms with van der Waals surface area (Å²) in [5.74, 6) is 0.720. The lowest BCUT2D eigenvalue weighted by Crippen LogP contribution is -2.50. The molecule has 7 nitrogen and oxygen atoms in total. The Balaban J connectivity index is 1.53. The standard InChI is InChI=1S/C25H26N4O3S2/c1-3-27-11-13-28(14-12-27)23(30)17(2)34-25-26-22-21(19(16-33-22)20-10-7-15-32-20)24(31)29(25)18-8-5-4-6-9-18/h4-10,15-17H,3,11-14H2,1-2H3/t17-/m0/s1. The van der Waals surface area contributed by atoms with Crippen LogP contribution in [0.1, 0.15) is 13.8 Å². The van der Waals surface area contributed by atoms with Crippen LogP contribution < -0.4 is 5.56 Å². The van der Waals surface area contributed by atoms with E-state index in [4.69, 9.17) is 9.40 Å². The molecule has 0 radical (unpaired) electrons. The van der Waals surface area contributed by atoms with Gasteiger partial charge in [0.15, 0.2) is 5.16 Å². The quantitative estimate of drug-likeness (QED) is 0.293. The van der Waals surface area contributed by atoms with Gasteiger partial charge >= 0.3 is 0 Å². The van der Waals surface area contributed by atoms with Crippen LogP contribution in [0.15, 0.2) is 68.5 Å². The van der Waals surface area contributed by atoms with Crippen molar-refractivity contribution in [2.75, 3.05) is 32.7 Å². The topological polar surface area (TPSA) is 71.6 Å². The highest BCUT2D eigenvalue weighted by Gasteiger charge is 2.27. The first-order chi connectivity index (χ1) is 16.6. The van der Waals surface area contributed by atoms with E-state index in [9.17, 15) is 9.59 Å². The fourth-order valence-electron chi connectivity index (χ4n) is 4.22. The maximum atomic E-state index is 13.8. The second kappa shape index (κ2) is 9.77. The van der Waals surface area contributed by atoms with E-state index >= 15 is 0 Å². The average molecular weight is 495 g/mol. The van der Waals surface area contributed by atoms with Crippen molar-refractivity contribution in [3.8, 4) is 17.0 Å². The Bertz CT molecular complexity index is 1340. The average Bonchev–Trinajstić information content (AvgIpc) is 3.54. The summed E-state index contributed by atoms with van der Waals surface area (Å²) in [5, 5.41) is 2.59. The summed E-state index contributed by atoms with van der Waals surface area (Å²) >= 11 is 2.75. The number of amides is 1. The van der Waals surface area contributed by atoms with Gasteiger partial charge in [-0.1, -0.05) is 36.9 Å². The van der Waals surface area contributed by atoms with Gasteiger partial charge in [-0.2, -0.15) is 0 Å². The van der Waals surface area contributed by atoms with Crippen LogP contribution in [-0.2, 0) is 4.79 Å². The third-order valence-corrected chi connectivity index (χ3v) is 8.05. The highest BCUT2D eigenvalue weighted by molar-refractivity contribution is 8.00. The van der Waals surface area contributed by atoms with Crippen LogP contribution in [0.25, 0.3) is 27.2 Å². The summed E-state index contributed by atoms with van der Waals surface area (Å²) in [5.41, 5.74) is 1.29. The summed E-state index contributed by atoms with van der Waals surface area (Å²) < 4.78 is 7.18. The minimum atomic E-state index is -0.364.